The Morgan fingerprint density at radius 3 is 2.29 bits per heavy atom. The molecule has 2 heteroatoms. The van der Waals surface area contributed by atoms with E-state index in [0.717, 1.165) is 19.6 Å². The van der Waals surface area contributed by atoms with E-state index in [1.165, 1.54) is 16.8 Å². The van der Waals surface area contributed by atoms with Gasteiger partial charge in [0.05, 0.1) is 0 Å². The van der Waals surface area contributed by atoms with Gasteiger partial charge in [-0.15, -0.1) is 0 Å². The van der Waals surface area contributed by atoms with E-state index in [4.69, 9.17) is 4.74 Å². The van der Waals surface area contributed by atoms with Gasteiger partial charge in [-0.3, -0.25) is 0 Å². The van der Waals surface area contributed by atoms with Crippen molar-refractivity contribution < 1.29 is 4.74 Å². The van der Waals surface area contributed by atoms with E-state index in [1.807, 2.05) is 6.92 Å². The molecule has 96 valence electrons. The number of aryl methyl sites for hydroxylation is 2. The van der Waals surface area contributed by atoms with Gasteiger partial charge in [0.1, 0.15) is 0 Å². The van der Waals surface area contributed by atoms with Gasteiger partial charge in [-0.25, -0.2) is 0 Å². The number of anilines is 1. The summed E-state index contributed by atoms with van der Waals surface area (Å²) in [5.41, 5.74) is 3.92. The first-order chi connectivity index (χ1) is 7.96. The van der Waals surface area contributed by atoms with Crippen molar-refractivity contribution >= 4 is 5.69 Å². The average molecular weight is 235 g/mol. The summed E-state index contributed by atoms with van der Waals surface area (Å²) in [7, 11) is 0. The highest BCUT2D eigenvalue weighted by Crippen LogP contribution is 2.25. The number of benzene rings is 1. The summed E-state index contributed by atoms with van der Waals surface area (Å²) < 4.78 is 5.43. The van der Waals surface area contributed by atoms with Crippen LogP contribution in [-0.2, 0) is 4.74 Å². The standard InChI is InChI=1S/C15H25NO/c1-6-17-11-10-15(4,5)16-14-12(2)8-7-9-13(14)3/h7-9,16H,6,10-11H2,1-5H3. The van der Waals surface area contributed by atoms with E-state index < -0.39 is 0 Å². The second-order valence-electron chi connectivity index (χ2n) is 5.22. The minimum Gasteiger partial charge on any atom is -0.382 e. The molecule has 0 spiro atoms. The van der Waals surface area contributed by atoms with Gasteiger partial charge in [0, 0.05) is 24.4 Å². The summed E-state index contributed by atoms with van der Waals surface area (Å²) in [6, 6.07) is 6.39. The fourth-order valence-corrected chi connectivity index (χ4v) is 1.88. The van der Waals surface area contributed by atoms with Crippen molar-refractivity contribution in [3.8, 4) is 0 Å². The van der Waals surface area contributed by atoms with Gasteiger partial charge in [0.2, 0.25) is 0 Å². The summed E-state index contributed by atoms with van der Waals surface area (Å²) >= 11 is 0. The van der Waals surface area contributed by atoms with Crippen LogP contribution in [0.4, 0.5) is 5.69 Å². The zero-order valence-electron chi connectivity index (χ0n) is 11.8. The van der Waals surface area contributed by atoms with Crippen molar-refractivity contribution in [2.75, 3.05) is 18.5 Å². The van der Waals surface area contributed by atoms with Crippen LogP contribution in [0.5, 0.6) is 0 Å². The van der Waals surface area contributed by atoms with E-state index in [1.54, 1.807) is 0 Å². The van der Waals surface area contributed by atoms with E-state index in [9.17, 15) is 0 Å². The Morgan fingerprint density at radius 1 is 1.18 bits per heavy atom. The SMILES string of the molecule is CCOCCC(C)(C)Nc1c(C)cccc1C. The molecule has 0 saturated carbocycles. The van der Waals surface area contributed by atoms with Crippen molar-refractivity contribution in [3.05, 3.63) is 29.3 Å². The van der Waals surface area contributed by atoms with Gasteiger partial charge in [-0.05, 0) is 52.2 Å². The van der Waals surface area contributed by atoms with Crippen LogP contribution in [0.3, 0.4) is 0 Å². The maximum atomic E-state index is 5.43. The molecule has 0 saturated heterocycles. The van der Waals surface area contributed by atoms with Crippen molar-refractivity contribution in [3.63, 3.8) is 0 Å². The molecule has 0 fully saturated rings. The Balaban J connectivity index is 2.69. The maximum Gasteiger partial charge on any atom is 0.0487 e. The second-order valence-corrected chi connectivity index (χ2v) is 5.22. The normalized spacial score (nSPS) is 11.6. The number of rotatable bonds is 6. The molecule has 1 rings (SSSR count). The van der Waals surface area contributed by atoms with Crippen molar-refractivity contribution in [1.82, 2.24) is 0 Å². The molecule has 1 aromatic rings. The largest absolute Gasteiger partial charge is 0.382 e. The van der Waals surface area contributed by atoms with Gasteiger partial charge >= 0.3 is 0 Å². The van der Waals surface area contributed by atoms with E-state index in [0.29, 0.717) is 0 Å². The molecule has 0 aromatic heterocycles. The third-order valence-corrected chi connectivity index (χ3v) is 3.02. The maximum absolute atomic E-state index is 5.43. The number of hydrogen-bond donors (Lipinski definition) is 1. The quantitative estimate of drug-likeness (QED) is 0.755. The molecule has 0 aliphatic rings. The number of ether oxygens (including phenoxy) is 1. The third kappa shape index (κ3) is 4.39. The molecule has 1 aromatic carbocycles. The van der Waals surface area contributed by atoms with E-state index in [2.05, 4.69) is 51.2 Å². The first kappa shape index (κ1) is 14.0. The van der Waals surface area contributed by atoms with E-state index in [-0.39, 0.29) is 5.54 Å². The van der Waals surface area contributed by atoms with Crippen LogP contribution in [-0.4, -0.2) is 18.8 Å². The molecule has 2 nitrogen and oxygen atoms in total. The fraction of sp³-hybridized carbons (Fsp3) is 0.600. The topological polar surface area (TPSA) is 21.3 Å². The molecule has 0 bridgehead atoms. The minimum absolute atomic E-state index is 0.0616. The molecule has 0 aliphatic carbocycles. The Labute approximate surface area is 105 Å². The number of hydrogen-bond acceptors (Lipinski definition) is 2. The molecule has 0 atom stereocenters. The van der Waals surface area contributed by atoms with Crippen LogP contribution in [0.1, 0.15) is 38.3 Å². The molecule has 0 aliphatic heterocycles. The lowest BCUT2D eigenvalue weighted by molar-refractivity contribution is 0.133. The molecule has 1 N–H and O–H groups in total. The van der Waals surface area contributed by atoms with Gasteiger partial charge < -0.3 is 10.1 Å². The zero-order valence-corrected chi connectivity index (χ0v) is 11.8. The Hall–Kier alpha value is -1.02. The van der Waals surface area contributed by atoms with Crippen LogP contribution >= 0.6 is 0 Å². The van der Waals surface area contributed by atoms with Crippen LogP contribution in [0.2, 0.25) is 0 Å². The summed E-state index contributed by atoms with van der Waals surface area (Å²) in [5, 5.41) is 3.63. The highest BCUT2D eigenvalue weighted by molar-refractivity contribution is 5.57. The lowest BCUT2D eigenvalue weighted by atomic mass is 9.98. The summed E-state index contributed by atoms with van der Waals surface area (Å²) in [4.78, 5) is 0. The molecule has 0 radical (unpaired) electrons. The van der Waals surface area contributed by atoms with Crippen LogP contribution < -0.4 is 5.32 Å². The van der Waals surface area contributed by atoms with Crippen molar-refractivity contribution in [2.24, 2.45) is 0 Å². The predicted molar refractivity (Wildman–Crippen MR) is 74.7 cm³/mol. The van der Waals surface area contributed by atoms with Crippen LogP contribution in [0.25, 0.3) is 0 Å². The fourth-order valence-electron chi connectivity index (χ4n) is 1.88. The monoisotopic (exact) mass is 235 g/mol. The molecule has 0 amide bonds. The van der Waals surface area contributed by atoms with Crippen molar-refractivity contribution in [1.29, 1.82) is 0 Å². The molecule has 0 heterocycles. The van der Waals surface area contributed by atoms with Gasteiger partial charge in [0.15, 0.2) is 0 Å². The lowest BCUT2D eigenvalue weighted by Gasteiger charge is -2.29. The Bertz CT molecular complexity index is 338. The van der Waals surface area contributed by atoms with Gasteiger partial charge in [-0.2, -0.15) is 0 Å². The average Bonchev–Trinajstić information content (AvgIpc) is 2.24. The summed E-state index contributed by atoms with van der Waals surface area (Å²) in [5.74, 6) is 0. The highest BCUT2D eigenvalue weighted by Gasteiger charge is 2.18. The minimum atomic E-state index is 0.0616. The molecule has 0 unspecified atom stereocenters. The van der Waals surface area contributed by atoms with Gasteiger partial charge in [-0.1, -0.05) is 18.2 Å². The summed E-state index contributed by atoms with van der Waals surface area (Å²) in [6.07, 6.45) is 1.01. The third-order valence-electron chi connectivity index (χ3n) is 3.02. The van der Waals surface area contributed by atoms with Gasteiger partial charge in [0.25, 0.3) is 0 Å². The predicted octanol–water partition coefficient (Wildman–Crippen LogP) is 3.92. The molecular formula is C15H25NO. The van der Waals surface area contributed by atoms with Crippen LogP contribution in [0.15, 0.2) is 18.2 Å². The molecular weight excluding hydrogens is 210 g/mol. The highest BCUT2D eigenvalue weighted by atomic mass is 16.5. The summed E-state index contributed by atoms with van der Waals surface area (Å²) in [6.45, 7) is 12.4. The number of para-hydroxylation sites is 1. The second kappa shape index (κ2) is 6.06. The van der Waals surface area contributed by atoms with E-state index >= 15 is 0 Å². The van der Waals surface area contributed by atoms with Crippen LogP contribution in [0, 0.1) is 13.8 Å². The molecule has 17 heavy (non-hydrogen) atoms. The lowest BCUT2D eigenvalue weighted by Crippen LogP contribution is -2.33. The van der Waals surface area contributed by atoms with Crippen molar-refractivity contribution in [2.45, 2.75) is 46.6 Å². The Morgan fingerprint density at radius 2 is 1.76 bits per heavy atom. The first-order valence-electron chi connectivity index (χ1n) is 6.38. The first-order valence-corrected chi connectivity index (χ1v) is 6.38. The number of nitrogens with one attached hydrogen (secondary N) is 1. The zero-order chi connectivity index (χ0) is 12.9. The Kier molecular flexibility index (Phi) is 5.01. The smallest absolute Gasteiger partial charge is 0.0487 e.